The number of para-hydroxylation sites is 1. The van der Waals surface area contributed by atoms with Crippen molar-refractivity contribution in [2.75, 3.05) is 26.7 Å². The molecule has 1 aromatic rings. The molecule has 1 saturated heterocycles. The van der Waals surface area contributed by atoms with Gasteiger partial charge in [-0.3, -0.25) is 0 Å². The molecular formula is C17H29NO. The van der Waals surface area contributed by atoms with Gasteiger partial charge >= 0.3 is 0 Å². The highest BCUT2D eigenvalue weighted by molar-refractivity contribution is 5.20. The summed E-state index contributed by atoms with van der Waals surface area (Å²) >= 11 is 0. The minimum atomic E-state index is 0.676. The summed E-state index contributed by atoms with van der Waals surface area (Å²) in [6.07, 6.45) is 2.64. The van der Waals surface area contributed by atoms with Crippen molar-refractivity contribution in [3.8, 4) is 5.75 Å². The van der Waals surface area contributed by atoms with Gasteiger partial charge in [-0.25, -0.2) is 0 Å². The quantitative estimate of drug-likeness (QED) is 0.812. The molecule has 0 amide bonds. The Morgan fingerprint density at radius 1 is 1.11 bits per heavy atom. The molecule has 0 bridgehead atoms. The van der Waals surface area contributed by atoms with Crippen LogP contribution in [0.2, 0.25) is 0 Å². The van der Waals surface area contributed by atoms with Crippen molar-refractivity contribution in [3.63, 3.8) is 0 Å². The maximum absolute atomic E-state index is 5.78. The second-order valence-electron chi connectivity index (χ2n) is 5.58. The van der Waals surface area contributed by atoms with Gasteiger partial charge in [0.25, 0.3) is 0 Å². The highest BCUT2D eigenvalue weighted by Crippen LogP contribution is 2.22. The van der Waals surface area contributed by atoms with Crippen molar-refractivity contribution in [3.05, 3.63) is 30.3 Å². The first-order valence-electron chi connectivity index (χ1n) is 7.53. The molecule has 1 aromatic carbocycles. The number of nitrogens with zero attached hydrogens (tertiary/aromatic N) is 1. The molecule has 1 heterocycles. The smallest absolute Gasteiger partial charge is 0.119 e. The Kier molecular flexibility index (Phi) is 7.57. The van der Waals surface area contributed by atoms with Crippen molar-refractivity contribution in [2.45, 2.75) is 33.6 Å². The second-order valence-corrected chi connectivity index (χ2v) is 5.58. The summed E-state index contributed by atoms with van der Waals surface area (Å²) in [6, 6.07) is 10.1. The molecule has 0 N–H and O–H groups in total. The van der Waals surface area contributed by atoms with Crippen LogP contribution in [-0.4, -0.2) is 31.6 Å². The molecule has 0 radical (unpaired) electrons. The van der Waals surface area contributed by atoms with Gasteiger partial charge in [0.1, 0.15) is 5.75 Å². The third-order valence-corrected chi connectivity index (χ3v) is 3.66. The Morgan fingerprint density at radius 2 is 1.74 bits per heavy atom. The molecule has 2 atom stereocenters. The summed E-state index contributed by atoms with van der Waals surface area (Å²) in [5.41, 5.74) is 0. The van der Waals surface area contributed by atoms with Gasteiger partial charge in [0.05, 0.1) is 6.61 Å². The summed E-state index contributed by atoms with van der Waals surface area (Å²) < 4.78 is 5.78. The summed E-state index contributed by atoms with van der Waals surface area (Å²) in [7, 11) is 2.18. The number of unbranched alkanes of at least 4 members (excludes halogenated alkanes) is 1. The van der Waals surface area contributed by atoms with Crippen LogP contribution < -0.4 is 4.74 Å². The maximum Gasteiger partial charge on any atom is 0.119 e. The average Bonchev–Trinajstić information content (AvgIpc) is 2.76. The number of benzene rings is 1. The van der Waals surface area contributed by atoms with Gasteiger partial charge in [-0.1, -0.05) is 51.8 Å². The van der Waals surface area contributed by atoms with E-state index in [0.29, 0.717) is 5.92 Å². The van der Waals surface area contributed by atoms with Gasteiger partial charge in [0.15, 0.2) is 0 Å². The van der Waals surface area contributed by atoms with E-state index in [-0.39, 0.29) is 0 Å². The Labute approximate surface area is 118 Å². The molecule has 0 aliphatic carbocycles. The van der Waals surface area contributed by atoms with E-state index in [9.17, 15) is 0 Å². The normalized spacial score (nSPS) is 22.7. The molecular weight excluding hydrogens is 234 g/mol. The van der Waals surface area contributed by atoms with Crippen molar-refractivity contribution in [1.29, 1.82) is 0 Å². The van der Waals surface area contributed by atoms with Gasteiger partial charge < -0.3 is 9.64 Å². The largest absolute Gasteiger partial charge is 0.493 e. The lowest BCUT2D eigenvalue weighted by Crippen LogP contribution is -2.19. The van der Waals surface area contributed by atoms with Gasteiger partial charge in [-0.05, 0) is 25.1 Å². The predicted molar refractivity (Wildman–Crippen MR) is 82.7 cm³/mol. The summed E-state index contributed by atoms with van der Waals surface area (Å²) in [5, 5.41) is 0. The summed E-state index contributed by atoms with van der Waals surface area (Å²) in [4.78, 5) is 2.38. The van der Waals surface area contributed by atoms with Crippen LogP contribution in [-0.2, 0) is 0 Å². The van der Waals surface area contributed by atoms with Crippen LogP contribution in [0, 0.1) is 11.8 Å². The highest BCUT2D eigenvalue weighted by Gasteiger charge is 2.27. The van der Waals surface area contributed by atoms with E-state index in [1.807, 2.05) is 30.3 Å². The summed E-state index contributed by atoms with van der Waals surface area (Å²) in [5.74, 6) is 2.41. The number of hydrogen-bond donors (Lipinski definition) is 0. The third-order valence-electron chi connectivity index (χ3n) is 3.66. The first-order valence-corrected chi connectivity index (χ1v) is 7.53. The zero-order valence-corrected chi connectivity index (χ0v) is 12.9. The van der Waals surface area contributed by atoms with Crippen molar-refractivity contribution >= 4 is 0 Å². The molecule has 1 aliphatic heterocycles. The van der Waals surface area contributed by atoms with Crippen LogP contribution in [0.15, 0.2) is 30.3 Å². The molecule has 0 spiro atoms. The maximum atomic E-state index is 5.78. The van der Waals surface area contributed by atoms with Gasteiger partial charge in [-0.2, -0.15) is 0 Å². The number of rotatable bonds is 4. The highest BCUT2D eigenvalue weighted by atomic mass is 16.5. The lowest BCUT2D eigenvalue weighted by Gasteiger charge is -2.15. The fraction of sp³-hybridized carbons (Fsp3) is 0.647. The van der Waals surface area contributed by atoms with Gasteiger partial charge in [0, 0.05) is 19.0 Å². The molecule has 2 heteroatoms. The van der Waals surface area contributed by atoms with Crippen molar-refractivity contribution in [1.82, 2.24) is 4.90 Å². The Bertz CT molecular complexity index is 323. The second kappa shape index (κ2) is 8.98. The van der Waals surface area contributed by atoms with Crippen LogP contribution in [0.1, 0.15) is 33.6 Å². The Balaban J connectivity index is 0.000000399. The first kappa shape index (κ1) is 16.0. The molecule has 108 valence electrons. The Morgan fingerprint density at radius 3 is 2.21 bits per heavy atom. The predicted octanol–water partition coefficient (Wildman–Crippen LogP) is 4.07. The van der Waals surface area contributed by atoms with Crippen LogP contribution >= 0.6 is 0 Å². The average molecular weight is 263 g/mol. The number of ether oxygens (including phenoxy) is 1. The monoisotopic (exact) mass is 263 g/mol. The fourth-order valence-corrected chi connectivity index (χ4v) is 2.23. The fourth-order valence-electron chi connectivity index (χ4n) is 2.23. The van der Waals surface area contributed by atoms with E-state index in [1.54, 1.807) is 0 Å². The van der Waals surface area contributed by atoms with Gasteiger partial charge in [0.2, 0.25) is 0 Å². The molecule has 0 saturated carbocycles. The molecule has 19 heavy (non-hydrogen) atoms. The molecule has 2 rings (SSSR count). The van der Waals surface area contributed by atoms with Crippen molar-refractivity contribution in [2.24, 2.45) is 11.8 Å². The zero-order valence-electron chi connectivity index (χ0n) is 12.9. The Hall–Kier alpha value is -1.02. The van der Waals surface area contributed by atoms with E-state index in [0.717, 1.165) is 24.8 Å². The molecule has 1 fully saturated rings. The standard InChI is InChI=1S/C13H19NO.C4H10/c1-11-8-14(2)9-12(11)10-15-13-6-4-3-5-7-13;1-3-4-2/h3-7,11-12H,8-10H2,1-2H3;3-4H2,1-2H3. The van der Waals surface area contributed by atoms with Crippen LogP contribution in [0.25, 0.3) is 0 Å². The van der Waals surface area contributed by atoms with E-state index < -0.39 is 0 Å². The SMILES string of the molecule is CC1CN(C)CC1COc1ccccc1.CCCC. The third kappa shape index (κ3) is 6.11. The van der Waals surface area contributed by atoms with E-state index in [2.05, 4.69) is 32.7 Å². The van der Waals surface area contributed by atoms with Crippen LogP contribution in [0.3, 0.4) is 0 Å². The van der Waals surface area contributed by atoms with E-state index in [1.165, 1.54) is 19.4 Å². The van der Waals surface area contributed by atoms with Gasteiger partial charge in [-0.15, -0.1) is 0 Å². The molecule has 2 nitrogen and oxygen atoms in total. The number of hydrogen-bond acceptors (Lipinski definition) is 2. The van der Waals surface area contributed by atoms with E-state index in [4.69, 9.17) is 4.74 Å². The lowest BCUT2D eigenvalue weighted by atomic mass is 9.99. The summed E-state index contributed by atoms with van der Waals surface area (Å²) in [6.45, 7) is 9.87. The lowest BCUT2D eigenvalue weighted by molar-refractivity contribution is 0.228. The van der Waals surface area contributed by atoms with Crippen LogP contribution in [0.5, 0.6) is 5.75 Å². The minimum absolute atomic E-state index is 0.676. The van der Waals surface area contributed by atoms with Crippen molar-refractivity contribution < 1.29 is 4.74 Å². The molecule has 0 aromatic heterocycles. The topological polar surface area (TPSA) is 12.5 Å². The number of likely N-dealkylation sites (tertiary alicyclic amines) is 1. The molecule has 1 aliphatic rings. The zero-order chi connectivity index (χ0) is 14.1. The first-order chi connectivity index (χ1) is 9.17. The van der Waals surface area contributed by atoms with E-state index >= 15 is 0 Å². The molecule has 2 unspecified atom stereocenters. The minimum Gasteiger partial charge on any atom is -0.493 e. The van der Waals surface area contributed by atoms with Crippen LogP contribution in [0.4, 0.5) is 0 Å².